The number of ketones is 1. The first-order chi connectivity index (χ1) is 8.11. The van der Waals surface area contributed by atoms with Gasteiger partial charge in [-0.15, -0.1) is 0 Å². The van der Waals surface area contributed by atoms with Crippen molar-refractivity contribution in [3.8, 4) is 0 Å². The van der Waals surface area contributed by atoms with Crippen molar-refractivity contribution in [1.29, 1.82) is 0 Å². The smallest absolute Gasteiger partial charge is 0.382 e. The quantitative estimate of drug-likeness (QED) is 0.406. The van der Waals surface area contributed by atoms with Crippen LogP contribution in [0.3, 0.4) is 0 Å². The van der Waals surface area contributed by atoms with E-state index in [1.54, 1.807) is 27.7 Å². The van der Waals surface area contributed by atoms with Gasteiger partial charge in [0.2, 0.25) is 5.78 Å². The fourth-order valence-electron chi connectivity index (χ4n) is 1.30. The molecule has 0 spiro atoms. The van der Waals surface area contributed by atoms with E-state index in [9.17, 15) is 14.4 Å². The molecule has 0 rings (SSSR count). The molecule has 0 saturated heterocycles. The van der Waals surface area contributed by atoms with Crippen LogP contribution in [-0.2, 0) is 28.6 Å². The van der Waals surface area contributed by atoms with Crippen molar-refractivity contribution in [2.24, 2.45) is 0 Å². The van der Waals surface area contributed by atoms with Gasteiger partial charge in [-0.25, -0.2) is 4.79 Å². The zero-order valence-electron chi connectivity index (χ0n) is 11.6. The standard InChI is InChI=1S/C12H20O6/c1-7(2)17-12(9(5)13,18-8(3)4)11(15)16-10(6)14/h7-8H,1-6H3. The van der Waals surface area contributed by atoms with Crippen molar-refractivity contribution in [2.75, 3.05) is 0 Å². The summed E-state index contributed by atoms with van der Waals surface area (Å²) in [6, 6.07) is 0. The van der Waals surface area contributed by atoms with E-state index in [0.717, 1.165) is 13.8 Å². The lowest BCUT2D eigenvalue weighted by atomic mass is 10.1. The third-order valence-corrected chi connectivity index (χ3v) is 1.77. The van der Waals surface area contributed by atoms with Gasteiger partial charge in [-0.05, 0) is 27.7 Å². The van der Waals surface area contributed by atoms with Crippen LogP contribution >= 0.6 is 0 Å². The lowest BCUT2D eigenvalue weighted by Gasteiger charge is -2.31. The van der Waals surface area contributed by atoms with Gasteiger partial charge in [0.15, 0.2) is 0 Å². The van der Waals surface area contributed by atoms with Gasteiger partial charge in [0, 0.05) is 13.8 Å². The molecule has 0 aromatic rings. The fourth-order valence-corrected chi connectivity index (χ4v) is 1.30. The number of hydrogen-bond acceptors (Lipinski definition) is 6. The summed E-state index contributed by atoms with van der Waals surface area (Å²) in [5, 5.41) is 0. The lowest BCUT2D eigenvalue weighted by Crippen LogP contribution is -2.54. The minimum atomic E-state index is -2.19. The number of carbonyl (C=O) groups is 3. The Bertz CT molecular complexity index is 321. The summed E-state index contributed by atoms with van der Waals surface area (Å²) in [7, 11) is 0. The second kappa shape index (κ2) is 6.61. The van der Waals surface area contributed by atoms with Crippen LogP contribution in [0.1, 0.15) is 41.5 Å². The topological polar surface area (TPSA) is 78.9 Å². The van der Waals surface area contributed by atoms with E-state index >= 15 is 0 Å². The molecule has 0 unspecified atom stereocenters. The molecule has 0 bridgehead atoms. The Morgan fingerprint density at radius 2 is 1.28 bits per heavy atom. The zero-order chi connectivity index (χ0) is 14.5. The zero-order valence-corrected chi connectivity index (χ0v) is 11.6. The van der Waals surface area contributed by atoms with Gasteiger partial charge in [0.1, 0.15) is 0 Å². The highest BCUT2D eigenvalue weighted by Crippen LogP contribution is 2.22. The Kier molecular flexibility index (Phi) is 6.14. The van der Waals surface area contributed by atoms with E-state index in [1.165, 1.54) is 0 Å². The van der Waals surface area contributed by atoms with Crippen LogP contribution in [0.4, 0.5) is 0 Å². The molecule has 0 aromatic carbocycles. The maximum absolute atomic E-state index is 11.9. The Balaban J connectivity index is 5.37. The molecular formula is C12H20O6. The molecule has 0 saturated carbocycles. The number of esters is 2. The fraction of sp³-hybridized carbons (Fsp3) is 0.750. The Morgan fingerprint density at radius 3 is 1.50 bits per heavy atom. The molecule has 0 aliphatic rings. The van der Waals surface area contributed by atoms with Crippen molar-refractivity contribution in [3.05, 3.63) is 0 Å². The van der Waals surface area contributed by atoms with E-state index < -0.39 is 35.7 Å². The van der Waals surface area contributed by atoms with Crippen LogP contribution in [0.5, 0.6) is 0 Å². The molecule has 0 aliphatic carbocycles. The summed E-state index contributed by atoms with van der Waals surface area (Å²) >= 11 is 0. The molecule has 6 nitrogen and oxygen atoms in total. The predicted molar refractivity (Wildman–Crippen MR) is 62.6 cm³/mol. The minimum Gasteiger partial charge on any atom is -0.389 e. The Hall–Kier alpha value is -1.27. The van der Waals surface area contributed by atoms with E-state index in [4.69, 9.17) is 9.47 Å². The average Bonchev–Trinajstić information content (AvgIpc) is 2.13. The number of ether oxygens (including phenoxy) is 3. The molecule has 0 N–H and O–H groups in total. The van der Waals surface area contributed by atoms with Crippen LogP contribution in [0.15, 0.2) is 0 Å². The molecule has 0 atom stereocenters. The summed E-state index contributed by atoms with van der Waals surface area (Å²) in [5.41, 5.74) is 0. The monoisotopic (exact) mass is 260 g/mol. The van der Waals surface area contributed by atoms with Crippen molar-refractivity contribution < 1.29 is 28.6 Å². The normalized spacial score (nSPS) is 11.8. The van der Waals surface area contributed by atoms with Crippen LogP contribution < -0.4 is 0 Å². The first-order valence-electron chi connectivity index (χ1n) is 5.71. The van der Waals surface area contributed by atoms with Crippen molar-refractivity contribution in [3.63, 3.8) is 0 Å². The molecular weight excluding hydrogens is 240 g/mol. The van der Waals surface area contributed by atoms with E-state index in [0.29, 0.717) is 0 Å². The van der Waals surface area contributed by atoms with E-state index in [2.05, 4.69) is 4.74 Å². The van der Waals surface area contributed by atoms with Crippen LogP contribution in [0.2, 0.25) is 0 Å². The molecule has 0 fully saturated rings. The third-order valence-electron chi connectivity index (χ3n) is 1.77. The van der Waals surface area contributed by atoms with E-state index in [-0.39, 0.29) is 0 Å². The summed E-state index contributed by atoms with van der Waals surface area (Å²) in [5.74, 6) is -4.83. The number of hydrogen-bond donors (Lipinski definition) is 0. The summed E-state index contributed by atoms with van der Waals surface area (Å²) in [6.07, 6.45) is -0.903. The highest BCUT2D eigenvalue weighted by molar-refractivity contribution is 6.07. The molecule has 0 heterocycles. The maximum Gasteiger partial charge on any atom is 0.382 e. The summed E-state index contributed by atoms with van der Waals surface area (Å²) in [4.78, 5) is 34.4. The predicted octanol–water partition coefficient (Wildman–Crippen LogP) is 1.21. The van der Waals surface area contributed by atoms with Crippen molar-refractivity contribution in [1.82, 2.24) is 0 Å². The van der Waals surface area contributed by atoms with Gasteiger partial charge in [-0.1, -0.05) is 0 Å². The van der Waals surface area contributed by atoms with Gasteiger partial charge in [-0.3, -0.25) is 9.59 Å². The summed E-state index contributed by atoms with van der Waals surface area (Å²) in [6.45, 7) is 8.77. The highest BCUT2D eigenvalue weighted by atomic mass is 16.7. The number of rotatable bonds is 6. The Labute approximate surface area is 107 Å². The van der Waals surface area contributed by atoms with Gasteiger partial charge < -0.3 is 14.2 Å². The molecule has 0 aliphatic heterocycles. The van der Waals surface area contributed by atoms with E-state index in [1.807, 2.05) is 0 Å². The summed E-state index contributed by atoms with van der Waals surface area (Å²) < 4.78 is 15.0. The van der Waals surface area contributed by atoms with Crippen LogP contribution in [0.25, 0.3) is 0 Å². The second-order valence-corrected chi connectivity index (χ2v) is 4.39. The molecule has 18 heavy (non-hydrogen) atoms. The first kappa shape index (κ1) is 16.7. The molecule has 0 amide bonds. The molecule has 0 radical (unpaired) electrons. The molecule has 104 valence electrons. The van der Waals surface area contributed by atoms with Crippen molar-refractivity contribution >= 4 is 17.7 Å². The minimum absolute atomic E-state index is 0.452. The Morgan fingerprint density at radius 1 is 0.889 bits per heavy atom. The van der Waals surface area contributed by atoms with Gasteiger partial charge >= 0.3 is 17.7 Å². The van der Waals surface area contributed by atoms with Crippen LogP contribution in [0, 0.1) is 0 Å². The maximum atomic E-state index is 11.9. The second-order valence-electron chi connectivity index (χ2n) is 4.39. The van der Waals surface area contributed by atoms with Gasteiger partial charge in [0.25, 0.3) is 0 Å². The highest BCUT2D eigenvalue weighted by Gasteiger charge is 2.50. The first-order valence-corrected chi connectivity index (χ1v) is 5.71. The SMILES string of the molecule is CC(=O)OC(=O)C(OC(C)C)(OC(C)C)C(C)=O. The molecule has 0 aromatic heterocycles. The molecule has 6 heteroatoms. The van der Waals surface area contributed by atoms with Gasteiger partial charge in [-0.2, -0.15) is 0 Å². The van der Waals surface area contributed by atoms with Crippen LogP contribution in [-0.4, -0.2) is 35.7 Å². The number of Topliss-reactive ketones (excluding diaryl/α,β-unsaturated/α-hetero) is 1. The lowest BCUT2D eigenvalue weighted by molar-refractivity contribution is -0.257. The largest absolute Gasteiger partial charge is 0.389 e. The van der Waals surface area contributed by atoms with Gasteiger partial charge in [0.05, 0.1) is 12.2 Å². The average molecular weight is 260 g/mol. The third kappa shape index (κ3) is 4.54. The number of carbonyl (C=O) groups excluding carboxylic acids is 3. The van der Waals surface area contributed by atoms with Crippen molar-refractivity contribution in [2.45, 2.75) is 59.5 Å².